The molecule has 6 nitrogen and oxygen atoms in total. The van der Waals surface area contributed by atoms with Crippen LogP contribution >= 0.6 is 11.3 Å². The molecule has 0 saturated heterocycles. The third kappa shape index (κ3) is 6.62. The average Bonchev–Trinajstić information content (AvgIpc) is 3.23. The molecule has 4 rings (SSSR count). The zero-order valence-electron chi connectivity index (χ0n) is 22.8. The van der Waals surface area contributed by atoms with E-state index in [1.165, 1.54) is 10.4 Å². The molecule has 0 unspecified atom stereocenters. The number of rotatable bonds is 8. The van der Waals surface area contributed by atoms with Crippen LogP contribution in [0.1, 0.15) is 61.2 Å². The van der Waals surface area contributed by atoms with Gasteiger partial charge in [-0.3, -0.25) is 4.79 Å². The monoisotopic (exact) mass is 529 g/mol. The van der Waals surface area contributed by atoms with Gasteiger partial charge in [0.1, 0.15) is 11.1 Å². The number of amides is 1. The Morgan fingerprint density at radius 3 is 2.74 bits per heavy atom. The fourth-order valence-electron chi connectivity index (χ4n) is 4.71. The predicted octanol–water partition coefficient (Wildman–Crippen LogP) is 7.25. The van der Waals surface area contributed by atoms with Gasteiger partial charge in [-0.1, -0.05) is 32.9 Å². The number of hydrogen-bond donors (Lipinski definition) is 1. The van der Waals surface area contributed by atoms with Crippen molar-refractivity contribution in [3.63, 3.8) is 0 Å². The molecule has 3 aromatic rings. The highest BCUT2D eigenvalue weighted by Crippen LogP contribution is 2.45. The minimum Gasteiger partial charge on any atom is -0.490 e. The number of fused-ring (bicyclic) bond motifs is 1. The van der Waals surface area contributed by atoms with E-state index in [-0.39, 0.29) is 17.9 Å². The normalized spacial score (nSPS) is 15.1. The standard InChI is InChI=1S/C31H35N3O3S/c1-6-36-27-15-21(10-13-26(27)37-19-29(35)34-23-9-7-8-20(2)14-23)18-33-30-25(17-32)24-12-11-22(31(3,4)5)16-28(24)38-30/h7-10,13-15,18,22H,6,11-12,16,19H2,1-5H3,(H,34,35)/t22-/m1/s1. The van der Waals surface area contributed by atoms with E-state index in [0.717, 1.165) is 41.1 Å². The summed E-state index contributed by atoms with van der Waals surface area (Å²) in [4.78, 5) is 18.4. The van der Waals surface area contributed by atoms with Crippen LogP contribution in [-0.2, 0) is 17.6 Å². The van der Waals surface area contributed by atoms with Crippen LogP contribution in [0.3, 0.4) is 0 Å². The van der Waals surface area contributed by atoms with Crippen LogP contribution in [0.15, 0.2) is 47.5 Å². The van der Waals surface area contributed by atoms with Crippen molar-refractivity contribution in [3.05, 3.63) is 69.6 Å². The highest BCUT2D eigenvalue weighted by molar-refractivity contribution is 7.16. The van der Waals surface area contributed by atoms with Crippen molar-refractivity contribution in [1.82, 2.24) is 0 Å². The lowest BCUT2D eigenvalue weighted by molar-refractivity contribution is -0.118. The van der Waals surface area contributed by atoms with Gasteiger partial charge in [0.25, 0.3) is 5.91 Å². The Morgan fingerprint density at radius 1 is 1.21 bits per heavy atom. The lowest BCUT2D eigenvalue weighted by Crippen LogP contribution is -2.26. The summed E-state index contributed by atoms with van der Waals surface area (Å²) in [5.74, 6) is 1.39. The molecule has 1 N–H and O–H groups in total. The van der Waals surface area contributed by atoms with Gasteiger partial charge in [0.15, 0.2) is 18.1 Å². The molecule has 198 valence electrons. The molecule has 38 heavy (non-hydrogen) atoms. The molecule has 7 heteroatoms. The number of nitrogens with zero attached hydrogens (tertiary/aromatic N) is 2. The first-order valence-electron chi connectivity index (χ1n) is 13.0. The Morgan fingerprint density at radius 2 is 2.03 bits per heavy atom. The molecule has 1 aromatic heterocycles. The van der Waals surface area contributed by atoms with Crippen LogP contribution in [0.25, 0.3) is 0 Å². The van der Waals surface area contributed by atoms with Crippen molar-refractivity contribution in [2.75, 3.05) is 18.5 Å². The zero-order chi connectivity index (χ0) is 27.3. The van der Waals surface area contributed by atoms with Crippen LogP contribution in [0.5, 0.6) is 11.5 Å². The van der Waals surface area contributed by atoms with Gasteiger partial charge in [0, 0.05) is 16.8 Å². The summed E-state index contributed by atoms with van der Waals surface area (Å²) in [6.45, 7) is 11.1. The highest BCUT2D eigenvalue weighted by Gasteiger charge is 2.32. The van der Waals surface area contributed by atoms with Gasteiger partial charge in [0.2, 0.25) is 0 Å². The second-order valence-electron chi connectivity index (χ2n) is 10.7. The number of aryl methyl sites for hydroxylation is 1. The summed E-state index contributed by atoms with van der Waals surface area (Å²) in [6, 6.07) is 15.5. The molecule has 0 fully saturated rings. The first-order valence-corrected chi connectivity index (χ1v) is 13.8. The van der Waals surface area contributed by atoms with Gasteiger partial charge in [-0.05, 0) is 91.5 Å². The smallest absolute Gasteiger partial charge is 0.262 e. The Kier molecular flexibility index (Phi) is 8.53. The van der Waals surface area contributed by atoms with Crippen LogP contribution < -0.4 is 14.8 Å². The summed E-state index contributed by atoms with van der Waals surface area (Å²) >= 11 is 1.64. The van der Waals surface area contributed by atoms with E-state index >= 15 is 0 Å². The van der Waals surface area contributed by atoms with Gasteiger partial charge < -0.3 is 14.8 Å². The molecule has 1 atom stereocenters. The van der Waals surface area contributed by atoms with Gasteiger partial charge >= 0.3 is 0 Å². The van der Waals surface area contributed by atoms with E-state index in [1.807, 2.05) is 50.2 Å². The van der Waals surface area contributed by atoms with Gasteiger partial charge in [-0.25, -0.2) is 4.99 Å². The van der Waals surface area contributed by atoms with E-state index in [9.17, 15) is 10.1 Å². The molecule has 0 saturated carbocycles. The Labute approximate surface area is 229 Å². The van der Waals surface area contributed by atoms with Crippen LogP contribution in [0.2, 0.25) is 0 Å². The molecular weight excluding hydrogens is 494 g/mol. The molecule has 0 radical (unpaired) electrons. The van der Waals surface area contributed by atoms with Crippen LogP contribution in [0, 0.1) is 29.6 Å². The van der Waals surface area contributed by atoms with Crippen molar-refractivity contribution in [2.24, 2.45) is 16.3 Å². The lowest BCUT2D eigenvalue weighted by Gasteiger charge is -2.33. The van der Waals surface area contributed by atoms with Gasteiger partial charge in [-0.15, -0.1) is 11.3 Å². The predicted molar refractivity (Wildman–Crippen MR) is 154 cm³/mol. The van der Waals surface area contributed by atoms with Crippen molar-refractivity contribution < 1.29 is 14.3 Å². The first-order chi connectivity index (χ1) is 18.2. The highest BCUT2D eigenvalue weighted by atomic mass is 32.1. The molecule has 1 heterocycles. The zero-order valence-corrected chi connectivity index (χ0v) is 23.6. The quantitative estimate of drug-likeness (QED) is 0.312. The summed E-state index contributed by atoms with van der Waals surface area (Å²) in [7, 11) is 0. The molecule has 1 aliphatic rings. The fraction of sp³-hybridized carbons (Fsp3) is 0.387. The maximum Gasteiger partial charge on any atom is 0.262 e. The van der Waals surface area contributed by atoms with E-state index in [1.54, 1.807) is 23.6 Å². The maximum atomic E-state index is 12.4. The largest absolute Gasteiger partial charge is 0.490 e. The molecule has 1 aliphatic carbocycles. The molecule has 0 bridgehead atoms. The summed E-state index contributed by atoms with van der Waals surface area (Å²) < 4.78 is 11.6. The Bertz CT molecular complexity index is 1380. The molecule has 2 aromatic carbocycles. The van der Waals surface area contributed by atoms with Crippen molar-refractivity contribution in [1.29, 1.82) is 5.26 Å². The number of carbonyl (C=O) groups is 1. The number of carbonyl (C=O) groups excluding carboxylic acids is 1. The Hall–Kier alpha value is -3.63. The SMILES string of the molecule is CCOc1cc(C=Nc2sc3c(c2C#N)CC[C@@H](C(C)(C)C)C3)ccc1OCC(=O)Nc1cccc(C)c1. The number of aliphatic imine (C=N–C) groups is 1. The summed E-state index contributed by atoms with van der Waals surface area (Å²) in [6.07, 6.45) is 4.80. The van der Waals surface area contributed by atoms with E-state index in [0.29, 0.717) is 29.6 Å². The fourth-order valence-corrected chi connectivity index (χ4v) is 5.93. The Balaban J connectivity index is 1.47. The van der Waals surface area contributed by atoms with Crippen molar-refractivity contribution in [3.8, 4) is 17.6 Å². The molecule has 1 amide bonds. The summed E-state index contributed by atoms with van der Waals surface area (Å²) in [5.41, 5.74) is 4.76. The van der Waals surface area contributed by atoms with Crippen LogP contribution in [-0.4, -0.2) is 25.3 Å². The maximum absolute atomic E-state index is 12.4. The summed E-state index contributed by atoms with van der Waals surface area (Å²) in [5, 5.41) is 13.5. The van der Waals surface area contributed by atoms with Crippen LogP contribution in [0.4, 0.5) is 10.7 Å². The van der Waals surface area contributed by atoms with E-state index in [2.05, 4.69) is 32.2 Å². The second kappa shape index (κ2) is 11.8. The molecule has 0 aliphatic heterocycles. The van der Waals surface area contributed by atoms with Crippen molar-refractivity contribution >= 4 is 34.1 Å². The number of ether oxygens (including phenoxy) is 2. The molecule has 0 spiro atoms. The minimum atomic E-state index is -0.247. The average molecular weight is 530 g/mol. The topological polar surface area (TPSA) is 83.7 Å². The first kappa shape index (κ1) is 27.4. The number of hydrogen-bond acceptors (Lipinski definition) is 6. The third-order valence-electron chi connectivity index (χ3n) is 6.84. The van der Waals surface area contributed by atoms with Gasteiger partial charge in [-0.2, -0.15) is 5.26 Å². The van der Waals surface area contributed by atoms with Crippen molar-refractivity contribution in [2.45, 2.75) is 53.9 Å². The third-order valence-corrected chi connectivity index (χ3v) is 8.00. The number of nitrogens with one attached hydrogen (secondary N) is 1. The number of thiophene rings is 1. The van der Waals surface area contributed by atoms with Gasteiger partial charge in [0.05, 0.1) is 12.2 Å². The minimum absolute atomic E-state index is 0.136. The number of nitriles is 1. The lowest BCUT2D eigenvalue weighted by atomic mass is 9.72. The number of benzene rings is 2. The molecular formula is C31H35N3O3S. The van der Waals surface area contributed by atoms with E-state index in [4.69, 9.17) is 14.5 Å². The number of anilines is 1. The second-order valence-corrected chi connectivity index (χ2v) is 11.8. The van der Waals surface area contributed by atoms with E-state index < -0.39 is 0 Å².